The van der Waals surface area contributed by atoms with E-state index in [1.807, 2.05) is 6.26 Å². The van der Waals surface area contributed by atoms with Crippen molar-refractivity contribution in [3.63, 3.8) is 0 Å². The Balaban J connectivity index is 2.82. The number of amides is 1. The molecule has 0 heterocycles. The molecule has 1 unspecified atom stereocenters. The van der Waals surface area contributed by atoms with Crippen molar-refractivity contribution in [2.24, 2.45) is 0 Å². The number of carboxylic acid groups (broad SMARTS) is 1. The molecular weight excluding hydrogens is 286 g/mol. The van der Waals surface area contributed by atoms with Crippen molar-refractivity contribution in [3.05, 3.63) is 34.3 Å². The van der Waals surface area contributed by atoms with Crippen molar-refractivity contribution >= 4 is 35.2 Å². The van der Waals surface area contributed by atoms with E-state index < -0.39 is 17.9 Å². The van der Waals surface area contributed by atoms with E-state index in [9.17, 15) is 9.59 Å². The number of benzene rings is 1. The summed E-state index contributed by atoms with van der Waals surface area (Å²) in [6, 6.07) is 4.11. The van der Waals surface area contributed by atoms with Gasteiger partial charge in [-0.05, 0) is 43.0 Å². The SMILES string of the molecule is CSCCC(NC(=O)c1cccc(Cl)c1C)C(=O)O. The van der Waals surface area contributed by atoms with Gasteiger partial charge in [0.05, 0.1) is 0 Å². The molecule has 0 saturated heterocycles. The molecule has 2 N–H and O–H groups in total. The Hall–Kier alpha value is -1.20. The molecule has 1 aromatic rings. The van der Waals surface area contributed by atoms with Gasteiger partial charge >= 0.3 is 5.97 Å². The van der Waals surface area contributed by atoms with Gasteiger partial charge in [-0.25, -0.2) is 4.79 Å². The molecule has 19 heavy (non-hydrogen) atoms. The fraction of sp³-hybridized carbons (Fsp3) is 0.385. The molecule has 6 heteroatoms. The van der Waals surface area contributed by atoms with Gasteiger partial charge in [-0.2, -0.15) is 11.8 Å². The third kappa shape index (κ3) is 4.44. The van der Waals surface area contributed by atoms with Gasteiger partial charge in [0.1, 0.15) is 6.04 Å². The molecule has 1 aromatic carbocycles. The highest BCUT2D eigenvalue weighted by atomic mass is 35.5. The molecule has 0 spiro atoms. The first-order chi connectivity index (χ1) is 8.97. The lowest BCUT2D eigenvalue weighted by Gasteiger charge is -2.15. The Morgan fingerprint density at radius 2 is 2.16 bits per heavy atom. The van der Waals surface area contributed by atoms with E-state index in [0.717, 1.165) is 0 Å². The normalized spacial score (nSPS) is 11.9. The van der Waals surface area contributed by atoms with Crippen LogP contribution in [0.5, 0.6) is 0 Å². The second-order valence-corrected chi connectivity index (χ2v) is 5.45. The molecule has 0 fully saturated rings. The lowest BCUT2D eigenvalue weighted by atomic mass is 10.1. The van der Waals surface area contributed by atoms with Crippen LogP contribution in [0.4, 0.5) is 0 Å². The van der Waals surface area contributed by atoms with Crippen LogP contribution in [-0.2, 0) is 4.79 Å². The summed E-state index contributed by atoms with van der Waals surface area (Å²) in [5.41, 5.74) is 1.05. The molecule has 0 radical (unpaired) electrons. The van der Waals surface area contributed by atoms with Crippen LogP contribution in [0.15, 0.2) is 18.2 Å². The minimum Gasteiger partial charge on any atom is -0.480 e. The molecule has 4 nitrogen and oxygen atoms in total. The largest absolute Gasteiger partial charge is 0.480 e. The average Bonchev–Trinajstić information content (AvgIpc) is 2.37. The fourth-order valence-corrected chi connectivity index (χ4v) is 2.23. The Morgan fingerprint density at radius 3 is 2.74 bits per heavy atom. The summed E-state index contributed by atoms with van der Waals surface area (Å²) in [7, 11) is 0. The number of thioether (sulfide) groups is 1. The van der Waals surface area contributed by atoms with E-state index >= 15 is 0 Å². The number of nitrogens with one attached hydrogen (secondary N) is 1. The first kappa shape index (κ1) is 15.9. The summed E-state index contributed by atoms with van der Waals surface area (Å²) in [6.07, 6.45) is 2.28. The molecule has 0 bridgehead atoms. The first-order valence-electron chi connectivity index (χ1n) is 5.75. The zero-order valence-electron chi connectivity index (χ0n) is 10.8. The van der Waals surface area contributed by atoms with Crippen molar-refractivity contribution in [3.8, 4) is 0 Å². The molecule has 0 aromatic heterocycles. The van der Waals surface area contributed by atoms with E-state index in [0.29, 0.717) is 28.3 Å². The lowest BCUT2D eigenvalue weighted by molar-refractivity contribution is -0.139. The molecule has 0 saturated carbocycles. The Kier molecular flexibility index (Phi) is 6.18. The average molecular weight is 302 g/mol. The van der Waals surface area contributed by atoms with Crippen LogP contribution in [0.1, 0.15) is 22.3 Å². The molecule has 1 atom stereocenters. The maximum atomic E-state index is 12.1. The summed E-state index contributed by atoms with van der Waals surface area (Å²) in [6.45, 7) is 1.73. The van der Waals surface area contributed by atoms with Gasteiger partial charge in [0.15, 0.2) is 0 Å². The van der Waals surface area contributed by atoms with Crippen LogP contribution in [0.25, 0.3) is 0 Å². The number of carbonyl (C=O) groups excluding carboxylic acids is 1. The van der Waals surface area contributed by atoms with E-state index in [1.54, 1.807) is 36.9 Å². The summed E-state index contributed by atoms with van der Waals surface area (Å²) in [5.74, 6) is -0.762. The van der Waals surface area contributed by atoms with E-state index in [1.165, 1.54) is 0 Å². The minimum atomic E-state index is -1.03. The van der Waals surface area contributed by atoms with Gasteiger partial charge in [0.2, 0.25) is 0 Å². The Morgan fingerprint density at radius 1 is 1.47 bits per heavy atom. The molecule has 0 aliphatic heterocycles. The number of hydrogen-bond acceptors (Lipinski definition) is 3. The van der Waals surface area contributed by atoms with E-state index in [4.69, 9.17) is 16.7 Å². The molecule has 0 aliphatic rings. The summed E-state index contributed by atoms with van der Waals surface area (Å²) in [4.78, 5) is 23.1. The zero-order valence-corrected chi connectivity index (χ0v) is 12.3. The number of aliphatic carboxylic acids is 1. The van der Waals surface area contributed by atoms with Crippen LogP contribution >= 0.6 is 23.4 Å². The van der Waals surface area contributed by atoms with Crippen LogP contribution in [0, 0.1) is 6.92 Å². The highest BCUT2D eigenvalue weighted by Crippen LogP contribution is 2.18. The highest BCUT2D eigenvalue weighted by molar-refractivity contribution is 7.98. The summed E-state index contributed by atoms with van der Waals surface area (Å²) in [5, 5.41) is 12.1. The fourth-order valence-electron chi connectivity index (χ4n) is 1.58. The monoisotopic (exact) mass is 301 g/mol. The topological polar surface area (TPSA) is 66.4 Å². The van der Waals surface area contributed by atoms with Crippen LogP contribution in [0.3, 0.4) is 0 Å². The first-order valence-corrected chi connectivity index (χ1v) is 7.52. The van der Waals surface area contributed by atoms with Gasteiger partial charge in [0, 0.05) is 10.6 Å². The molecule has 1 rings (SSSR count). The Labute approximate surface area is 121 Å². The maximum Gasteiger partial charge on any atom is 0.326 e. The van der Waals surface area contributed by atoms with Gasteiger partial charge in [0.25, 0.3) is 5.91 Å². The predicted octanol–water partition coefficient (Wildman–Crippen LogP) is 2.58. The minimum absolute atomic E-state index is 0.391. The van der Waals surface area contributed by atoms with Crippen molar-refractivity contribution in [2.45, 2.75) is 19.4 Å². The van der Waals surface area contributed by atoms with Crippen molar-refractivity contribution in [2.75, 3.05) is 12.0 Å². The number of hydrogen-bond donors (Lipinski definition) is 2. The number of carbonyl (C=O) groups is 2. The maximum absolute atomic E-state index is 12.1. The molecule has 1 amide bonds. The highest BCUT2D eigenvalue weighted by Gasteiger charge is 2.21. The van der Waals surface area contributed by atoms with Gasteiger partial charge in [-0.1, -0.05) is 17.7 Å². The van der Waals surface area contributed by atoms with Crippen molar-refractivity contribution < 1.29 is 14.7 Å². The van der Waals surface area contributed by atoms with E-state index in [2.05, 4.69) is 5.32 Å². The van der Waals surface area contributed by atoms with Gasteiger partial charge in [-0.3, -0.25) is 4.79 Å². The second-order valence-electron chi connectivity index (χ2n) is 4.06. The van der Waals surface area contributed by atoms with Crippen LogP contribution in [-0.4, -0.2) is 35.0 Å². The predicted molar refractivity (Wildman–Crippen MR) is 78.1 cm³/mol. The van der Waals surface area contributed by atoms with Crippen molar-refractivity contribution in [1.82, 2.24) is 5.32 Å². The van der Waals surface area contributed by atoms with Crippen molar-refractivity contribution in [1.29, 1.82) is 0 Å². The zero-order chi connectivity index (χ0) is 14.4. The number of rotatable bonds is 6. The molecule has 0 aliphatic carbocycles. The van der Waals surface area contributed by atoms with Gasteiger partial charge < -0.3 is 10.4 Å². The summed E-state index contributed by atoms with van der Waals surface area (Å²) >= 11 is 7.48. The standard InChI is InChI=1S/C13H16ClNO3S/c1-8-9(4-3-5-10(8)14)12(16)15-11(13(17)18)6-7-19-2/h3-5,11H,6-7H2,1-2H3,(H,15,16)(H,17,18). The summed E-state index contributed by atoms with van der Waals surface area (Å²) < 4.78 is 0. The van der Waals surface area contributed by atoms with E-state index in [-0.39, 0.29) is 0 Å². The molecular formula is C13H16ClNO3S. The number of halogens is 1. The quantitative estimate of drug-likeness (QED) is 0.847. The van der Waals surface area contributed by atoms with Crippen LogP contribution in [0.2, 0.25) is 5.02 Å². The molecule has 104 valence electrons. The third-order valence-corrected chi connectivity index (χ3v) is 3.78. The smallest absolute Gasteiger partial charge is 0.326 e. The lowest BCUT2D eigenvalue weighted by Crippen LogP contribution is -2.41. The third-order valence-electron chi connectivity index (χ3n) is 2.73. The Bertz CT molecular complexity index is 479. The number of carboxylic acids is 1. The second kappa shape index (κ2) is 7.40. The van der Waals surface area contributed by atoms with Gasteiger partial charge in [-0.15, -0.1) is 0 Å². The van der Waals surface area contributed by atoms with Crippen LogP contribution < -0.4 is 5.32 Å².